The molecule has 0 unspecified atom stereocenters. The van der Waals surface area contributed by atoms with Gasteiger partial charge in [0.25, 0.3) is 0 Å². The third-order valence-corrected chi connectivity index (χ3v) is 12.4. The predicted molar refractivity (Wildman–Crippen MR) is 242 cm³/mol. The van der Waals surface area contributed by atoms with Crippen molar-refractivity contribution in [1.82, 2.24) is 24.5 Å². The van der Waals surface area contributed by atoms with Crippen molar-refractivity contribution >= 4 is 74.9 Å². The highest BCUT2D eigenvalue weighted by Gasteiger charge is 2.20. The molecule has 0 aliphatic carbocycles. The van der Waals surface area contributed by atoms with Crippen LogP contribution < -0.4 is 0 Å². The molecule has 0 saturated heterocycles. The Morgan fingerprint density at radius 2 is 0.931 bits per heavy atom. The summed E-state index contributed by atoms with van der Waals surface area (Å²) in [5.41, 5.74) is 6.80. The second-order valence-electron chi connectivity index (χ2n) is 14.6. The minimum Gasteiger partial charge on any atom is -0.292 e. The highest BCUT2D eigenvalue weighted by molar-refractivity contribution is 7.25. The van der Waals surface area contributed by atoms with Crippen LogP contribution in [-0.2, 0) is 0 Å². The molecule has 0 fully saturated rings. The van der Waals surface area contributed by atoms with Crippen molar-refractivity contribution in [3.63, 3.8) is 0 Å². The number of nitrogens with zero attached hydrogens (tertiary/aromatic N) is 5. The van der Waals surface area contributed by atoms with Gasteiger partial charge >= 0.3 is 0 Å². The normalized spacial score (nSPS) is 11.8. The lowest BCUT2D eigenvalue weighted by molar-refractivity contribution is 1.07. The summed E-state index contributed by atoms with van der Waals surface area (Å²) in [7, 11) is 0. The van der Waals surface area contributed by atoms with Crippen LogP contribution in [0.4, 0.5) is 0 Å². The first-order chi connectivity index (χ1) is 28.7. The summed E-state index contributed by atoms with van der Waals surface area (Å²) in [6, 6.07) is 66.1. The van der Waals surface area contributed by atoms with Crippen molar-refractivity contribution < 1.29 is 0 Å². The molecular formula is C52H31N5S. The minimum atomic E-state index is 0.601. The Bertz CT molecular complexity index is 3550. The molecule has 0 radical (unpaired) electrons. The Kier molecular flexibility index (Phi) is 7.33. The van der Waals surface area contributed by atoms with Crippen LogP contribution in [0, 0.1) is 0 Å². The molecule has 0 aliphatic rings. The van der Waals surface area contributed by atoms with Gasteiger partial charge in [0, 0.05) is 48.1 Å². The summed E-state index contributed by atoms with van der Waals surface area (Å²) in [5, 5.41) is 9.65. The number of fused-ring (bicyclic) bond motifs is 10. The topological polar surface area (TPSA) is 56.5 Å². The smallest absolute Gasteiger partial charge is 0.164 e. The minimum absolute atomic E-state index is 0.601. The second-order valence-corrected chi connectivity index (χ2v) is 15.7. The Labute approximate surface area is 337 Å². The average Bonchev–Trinajstić information content (AvgIpc) is 3.88. The summed E-state index contributed by atoms with van der Waals surface area (Å²) >= 11 is 1.80. The van der Waals surface area contributed by atoms with Crippen LogP contribution in [0.15, 0.2) is 188 Å². The van der Waals surface area contributed by atoms with E-state index in [4.69, 9.17) is 19.9 Å². The molecule has 0 amide bonds. The van der Waals surface area contributed by atoms with Gasteiger partial charge in [0.1, 0.15) is 5.82 Å². The monoisotopic (exact) mass is 757 g/mol. The summed E-state index contributed by atoms with van der Waals surface area (Å²) in [6.45, 7) is 0. The molecule has 0 N–H and O–H groups in total. The standard InChI is InChI=1S/C52H31N5S/c1-2-16-35(17-3-1)57-45-25-10-9-24-44(45)53-52(57)34-15-12-14-32(30-34)49-54-50(56-51(55-49)42-23-13-27-47-48(42)41-22-8-11-26-46(41)58-47)33-28-29-40-38-20-5-4-18-36(38)37-19-6-7-21-39(37)43(40)31-33/h1-31H. The summed E-state index contributed by atoms with van der Waals surface area (Å²) < 4.78 is 4.67. The first kappa shape index (κ1) is 32.7. The van der Waals surface area contributed by atoms with E-state index >= 15 is 0 Å². The predicted octanol–water partition coefficient (Wildman–Crippen LogP) is 13.7. The van der Waals surface area contributed by atoms with Gasteiger partial charge in [0.05, 0.1) is 11.0 Å². The molecule has 3 aromatic heterocycles. The fourth-order valence-electron chi connectivity index (χ4n) is 8.62. The van der Waals surface area contributed by atoms with Crippen LogP contribution in [0.3, 0.4) is 0 Å². The third-order valence-electron chi connectivity index (χ3n) is 11.2. The van der Waals surface area contributed by atoms with Crippen molar-refractivity contribution in [1.29, 1.82) is 0 Å². The quantitative estimate of drug-likeness (QED) is 0.164. The van der Waals surface area contributed by atoms with E-state index in [1.165, 1.54) is 47.1 Å². The highest BCUT2D eigenvalue weighted by Crippen LogP contribution is 2.41. The average molecular weight is 758 g/mol. The molecule has 9 aromatic carbocycles. The van der Waals surface area contributed by atoms with Crippen molar-refractivity contribution in [2.45, 2.75) is 0 Å². The Morgan fingerprint density at radius 3 is 1.71 bits per heavy atom. The van der Waals surface area contributed by atoms with Crippen LogP contribution in [0.1, 0.15) is 0 Å². The number of rotatable bonds is 5. The maximum absolute atomic E-state index is 5.31. The summed E-state index contributed by atoms with van der Waals surface area (Å²) in [5.74, 6) is 2.72. The van der Waals surface area contributed by atoms with E-state index in [0.29, 0.717) is 17.5 Å². The lowest BCUT2D eigenvalue weighted by atomic mass is 9.93. The molecule has 5 nitrogen and oxygen atoms in total. The number of aromatic nitrogens is 5. The fraction of sp³-hybridized carbons (Fsp3) is 0. The molecular weight excluding hydrogens is 727 g/mol. The largest absolute Gasteiger partial charge is 0.292 e. The van der Waals surface area contributed by atoms with Gasteiger partial charge in [-0.1, -0.05) is 140 Å². The van der Waals surface area contributed by atoms with E-state index in [1.54, 1.807) is 11.3 Å². The van der Waals surface area contributed by atoms with Gasteiger partial charge in [-0.05, 0) is 80.8 Å². The molecule has 3 heterocycles. The molecule has 12 rings (SSSR count). The fourth-order valence-corrected chi connectivity index (χ4v) is 9.75. The van der Waals surface area contributed by atoms with Gasteiger partial charge in [-0.15, -0.1) is 11.3 Å². The van der Waals surface area contributed by atoms with E-state index in [0.717, 1.165) is 50.2 Å². The maximum atomic E-state index is 5.31. The van der Waals surface area contributed by atoms with E-state index in [9.17, 15) is 0 Å². The first-order valence-electron chi connectivity index (χ1n) is 19.4. The first-order valence-corrected chi connectivity index (χ1v) is 20.2. The van der Waals surface area contributed by atoms with Gasteiger partial charge in [0.2, 0.25) is 0 Å². The Balaban J connectivity index is 1.10. The molecule has 6 heteroatoms. The zero-order valence-electron chi connectivity index (χ0n) is 31.0. The summed E-state index contributed by atoms with van der Waals surface area (Å²) in [4.78, 5) is 21.1. The van der Waals surface area contributed by atoms with Gasteiger partial charge < -0.3 is 0 Å². The number of thiophene rings is 1. The number of hydrogen-bond donors (Lipinski definition) is 0. The number of benzene rings is 9. The van der Waals surface area contributed by atoms with Crippen LogP contribution in [0.25, 0.3) is 115 Å². The molecule has 58 heavy (non-hydrogen) atoms. The van der Waals surface area contributed by atoms with Gasteiger partial charge in [-0.25, -0.2) is 19.9 Å². The number of hydrogen-bond acceptors (Lipinski definition) is 5. The Hall–Kier alpha value is -7.54. The molecule has 0 atom stereocenters. The van der Waals surface area contributed by atoms with Crippen LogP contribution >= 0.6 is 11.3 Å². The van der Waals surface area contributed by atoms with Crippen molar-refractivity contribution in [3.8, 4) is 51.2 Å². The van der Waals surface area contributed by atoms with E-state index in [-0.39, 0.29) is 0 Å². The molecule has 0 saturated carbocycles. The zero-order chi connectivity index (χ0) is 38.2. The molecule has 270 valence electrons. The molecule has 0 bridgehead atoms. The number of imidazole rings is 1. The maximum Gasteiger partial charge on any atom is 0.164 e. The van der Waals surface area contributed by atoms with Crippen LogP contribution in [0.2, 0.25) is 0 Å². The van der Waals surface area contributed by atoms with Crippen LogP contribution in [0.5, 0.6) is 0 Å². The highest BCUT2D eigenvalue weighted by atomic mass is 32.1. The second kappa shape index (κ2) is 13.0. The van der Waals surface area contributed by atoms with Crippen LogP contribution in [-0.4, -0.2) is 24.5 Å². The van der Waals surface area contributed by atoms with E-state index < -0.39 is 0 Å². The number of para-hydroxylation sites is 3. The van der Waals surface area contributed by atoms with Crippen molar-refractivity contribution in [2.24, 2.45) is 0 Å². The van der Waals surface area contributed by atoms with Gasteiger partial charge in [-0.2, -0.15) is 0 Å². The Morgan fingerprint density at radius 1 is 0.362 bits per heavy atom. The lowest BCUT2D eigenvalue weighted by Crippen LogP contribution is -2.01. The SMILES string of the molecule is c1ccc(-n2c(-c3cccc(-c4nc(-c5ccc6c7ccccc7c7ccccc7c6c5)nc(-c5cccc6sc7ccccc7c56)n4)c3)nc3ccccc32)cc1. The van der Waals surface area contributed by atoms with Gasteiger partial charge in [0.15, 0.2) is 17.5 Å². The lowest BCUT2D eigenvalue weighted by Gasteiger charge is -2.13. The van der Waals surface area contributed by atoms with E-state index in [1.807, 2.05) is 12.1 Å². The zero-order valence-corrected chi connectivity index (χ0v) is 31.9. The van der Waals surface area contributed by atoms with Crippen molar-refractivity contribution in [3.05, 3.63) is 188 Å². The summed E-state index contributed by atoms with van der Waals surface area (Å²) in [6.07, 6.45) is 0. The third kappa shape index (κ3) is 5.16. The van der Waals surface area contributed by atoms with E-state index in [2.05, 4.69) is 180 Å². The molecule has 0 spiro atoms. The molecule has 12 aromatic rings. The van der Waals surface area contributed by atoms with Gasteiger partial charge in [-0.3, -0.25) is 4.57 Å². The molecule has 0 aliphatic heterocycles. The van der Waals surface area contributed by atoms with Crippen molar-refractivity contribution in [2.75, 3.05) is 0 Å².